The van der Waals surface area contributed by atoms with E-state index in [4.69, 9.17) is 0 Å². The van der Waals surface area contributed by atoms with E-state index in [0.29, 0.717) is 5.56 Å². The first kappa shape index (κ1) is 15.2. The van der Waals surface area contributed by atoms with E-state index >= 15 is 0 Å². The molecule has 1 N–H and O–H groups in total. The molecule has 0 saturated carbocycles. The molecule has 1 aromatic heterocycles. The second kappa shape index (κ2) is 8.39. The van der Waals surface area contributed by atoms with Crippen molar-refractivity contribution in [2.24, 2.45) is 0 Å². The number of hydrogen-bond donors (Lipinski definition) is 1. The Morgan fingerprint density at radius 2 is 1.76 bits per heavy atom. The minimum atomic E-state index is -0.309. The zero-order chi connectivity index (χ0) is 13.3. The Morgan fingerprint density at radius 3 is 2.35 bits per heavy atom. The van der Waals surface area contributed by atoms with E-state index in [-0.39, 0.29) is 5.97 Å². The number of aromatic amines is 1. The molecule has 1 aromatic carbocycles. The van der Waals surface area contributed by atoms with Crippen LogP contribution < -0.4 is 0 Å². The third-order valence-corrected chi connectivity index (χ3v) is 1.98. The van der Waals surface area contributed by atoms with Gasteiger partial charge in [0.1, 0.15) is 0 Å². The van der Waals surface area contributed by atoms with Gasteiger partial charge in [-0.05, 0) is 23.6 Å². The quantitative estimate of drug-likeness (QED) is 0.759. The van der Waals surface area contributed by atoms with Gasteiger partial charge >= 0.3 is 5.97 Å². The molecule has 2 rings (SSSR count). The molecule has 0 fully saturated rings. The molecule has 2 aromatic rings. The number of hydrogen-bond acceptors (Lipinski definition) is 2. The van der Waals surface area contributed by atoms with E-state index in [0.717, 1.165) is 10.9 Å². The van der Waals surface area contributed by atoms with Gasteiger partial charge in [0.2, 0.25) is 0 Å². The number of aromatic nitrogens is 1. The second-order valence-electron chi connectivity index (χ2n) is 2.77. The molecule has 0 aliphatic rings. The highest BCUT2D eigenvalue weighted by Gasteiger charge is 2.05. The van der Waals surface area contributed by atoms with Crippen LogP contribution >= 0.6 is 0 Å². The highest BCUT2D eigenvalue weighted by molar-refractivity contribution is 5.94. The molecule has 0 unspecified atom stereocenters. The lowest BCUT2D eigenvalue weighted by Crippen LogP contribution is -2.00. The van der Waals surface area contributed by atoms with E-state index in [9.17, 15) is 4.79 Å². The zero-order valence-electron chi connectivity index (χ0n) is 11.2. The van der Waals surface area contributed by atoms with Crippen LogP contribution in [0.4, 0.5) is 0 Å². The van der Waals surface area contributed by atoms with Crippen molar-refractivity contribution in [3.63, 3.8) is 0 Å². The summed E-state index contributed by atoms with van der Waals surface area (Å²) in [6.07, 6.45) is 1.84. The van der Waals surface area contributed by atoms with Crippen LogP contribution in [-0.4, -0.2) is 18.1 Å². The molecule has 0 saturated heterocycles. The average molecular weight is 235 g/mol. The van der Waals surface area contributed by atoms with Crippen LogP contribution in [0.5, 0.6) is 0 Å². The topological polar surface area (TPSA) is 42.1 Å². The maximum atomic E-state index is 11.1. The standard InChI is InChI=1S/C10H9NO2.2C2H6/c1-13-10(12)8-3-2-7-4-5-11-9(7)6-8;2*1-2/h2-6,11H,1H3;2*1-2H3. The first-order valence-electron chi connectivity index (χ1n) is 5.97. The number of carbonyl (C=O) groups is 1. The first-order chi connectivity index (χ1) is 8.31. The summed E-state index contributed by atoms with van der Waals surface area (Å²) in [6.45, 7) is 8.00. The number of carbonyl (C=O) groups excluding carboxylic acids is 1. The molecule has 94 valence electrons. The van der Waals surface area contributed by atoms with Crippen molar-refractivity contribution in [3.05, 3.63) is 36.0 Å². The van der Waals surface area contributed by atoms with Gasteiger partial charge < -0.3 is 9.72 Å². The minimum Gasteiger partial charge on any atom is -0.465 e. The van der Waals surface area contributed by atoms with Crippen LogP contribution in [0.3, 0.4) is 0 Å². The largest absolute Gasteiger partial charge is 0.465 e. The monoisotopic (exact) mass is 235 g/mol. The van der Waals surface area contributed by atoms with Gasteiger partial charge in [-0.2, -0.15) is 0 Å². The van der Waals surface area contributed by atoms with E-state index < -0.39 is 0 Å². The summed E-state index contributed by atoms with van der Waals surface area (Å²) in [7, 11) is 1.38. The van der Waals surface area contributed by atoms with Crippen molar-refractivity contribution in [3.8, 4) is 0 Å². The fourth-order valence-corrected chi connectivity index (χ4v) is 1.29. The number of esters is 1. The Balaban J connectivity index is 0.000000581. The summed E-state index contributed by atoms with van der Waals surface area (Å²) in [4.78, 5) is 14.2. The molecular weight excluding hydrogens is 214 g/mol. The van der Waals surface area contributed by atoms with Gasteiger partial charge in [0.15, 0.2) is 0 Å². The molecule has 0 aliphatic heterocycles. The Hall–Kier alpha value is -1.77. The van der Waals surface area contributed by atoms with Gasteiger partial charge in [-0.1, -0.05) is 33.8 Å². The number of rotatable bonds is 1. The number of ether oxygens (including phenoxy) is 1. The Labute approximate surface area is 103 Å². The third kappa shape index (κ3) is 3.94. The molecule has 3 nitrogen and oxygen atoms in total. The lowest BCUT2D eigenvalue weighted by molar-refractivity contribution is 0.0601. The smallest absolute Gasteiger partial charge is 0.337 e. The molecule has 3 heteroatoms. The molecule has 0 spiro atoms. The van der Waals surface area contributed by atoms with Gasteiger partial charge in [-0.15, -0.1) is 0 Å². The van der Waals surface area contributed by atoms with Crippen LogP contribution in [0, 0.1) is 0 Å². The fraction of sp³-hybridized carbons (Fsp3) is 0.357. The second-order valence-corrected chi connectivity index (χ2v) is 2.77. The fourth-order valence-electron chi connectivity index (χ4n) is 1.29. The van der Waals surface area contributed by atoms with Crippen LogP contribution in [0.15, 0.2) is 30.5 Å². The summed E-state index contributed by atoms with van der Waals surface area (Å²) in [5.41, 5.74) is 1.51. The lowest BCUT2D eigenvalue weighted by Gasteiger charge is -1.98. The highest BCUT2D eigenvalue weighted by Crippen LogP contribution is 2.14. The number of benzene rings is 1. The molecule has 0 aliphatic carbocycles. The number of fused-ring (bicyclic) bond motifs is 1. The zero-order valence-corrected chi connectivity index (χ0v) is 11.2. The Bertz CT molecular complexity index is 446. The number of nitrogens with one attached hydrogen (secondary N) is 1. The van der Waals surface area contributed by atoms with Crippen molar-refractivity contribution < 1.29 is 9.53 Å². The summed E-state index contributed by atoms with van der Waals surface area (Å²) in [5, 5.41) is 1.09. The van der Waals surface area contributed by atoms with E-state index in [1.54, 1.807) is 12.1 Å². The minimum absolute atomic E-state index is 0.309. The number of H-pyrrole nitrogens is 1. The predicted octanol–water partition coefficient (Wildman–Crippen LogP) is 4.01. The van der Waals surface area contributed by atoms with Crippen LogP contribution in [0.2, 0.25) is 0 Å². The summed E-state index contributed by atoms with van der Waals surface area (Å²) < 4.78 is 4.61. The molecule has 0 radical (unpaired) electrons. The van der Waals surface area contributed by atoms with E-state index in [1.165, 1.54) is 7.11 Å². The molecule has 0 atom stereocenters. The lowest BCUT2D eigenvalue weighted by atomic mass is 10.2. The molecule has 0 amide bonds. The predicted molar refractivity (Wildman–Crippen MR) is 72.3 cm³/mol. The van der Waals surface area contributed by atoms with Gasteiger partial charge in [0.25, 0.3) is 0 Å². The maximum Gasteiger partial charge on any atom is 0.337 e. The van der Waals surface area contributed by atoms with Gasteiger partial charge in [0.05, 0.1) is 12.7 Å². The van der Waals surface area contributed by atoms with Crippen LogP contribution in [-0.2, 0) is 4.74 Å². The van der Waals surface area contributed by atoms with Gasteiger partial charge in [-0.3, -0.25) is 0 Å². The Morgan fingerprint density at radius 1 is 1.12 bits per heavy atom. The molecular formula is C14H21NO2. The normalized spacial score (nSPS) is 8.53. The highest BCUT2D eigenvalue weighted by atomic mass is 16.5. The SMILES string of the molecule is CC.CC.COC(=O)c1ccc2cc[nH]c2c1. The van der Waals surface area contributed by atoms with Crippen molar-refractivity contribution in [1.29, 1.82) is 0 Å². The summed E-state index contributed by atoms with van der Waals surface area (Å²) in [6, 6.07) is 7.37. The molecule has 17 heavy (non-hydrogen) atoms. The average Bonchev–Trinajstić information content (AvgIpc) is 2.89. The van der Waals surface area contributed by atoms with Gasteiger partial charge in [0, 0.05) is 11.7 Å². The molecule has 0 bridgehead atoms. The van der Waals surface area contributed by atoms with E-state index in [2.05, 4.69) is 9.72 Å². The van der Waals surface area contributed by atoms with Crippen molar-refractivity contribution >= 4 is 16.9 Å². The third-order valence-electron chi connectivity index (χ3n) is 1.98. The van der Waals surface area contributed by atoms with Gasteiger partial charge in [-0.25, -0.2) is 4.79 Å². The van der Waals surface area contributed by atoms with Crippen LogP contribution in [0.1, 0.15) is 38.1 Å². The van der Waals surface area contributed by atoms with Crippen LogP contribution in [0.25, 0.3) is 10.9 Å². The number of methoxy groups -OCH3 is 1. The summed E-state index contributed by atoms with van der Waals surface area (Å²) >= 11 is 0. The van der Waals surface area contributed by atoms with Crippen molar-refractivity contribution in [2.75, 3.05) is 7.11 Å². The van der Waals surface area contributed by atoms with Crippen molar-refractivity contribution in [1.82, 2.24) is 4.98 Å². The van der Waals surface area contributed by atoms with Crippen molar-refractivity contribution in [2.45, 2.75) is 27.7 Å². The summed E-state index contributed by atoms with van der Waals surface area (Å²) in [5.74, 6) is -0.309. The first-order valence-corrected chi connectivity index (χ1v) is 5.97. The Kier molecular flexibility index (Phi) is 7.52. The van der Waals surface area contributed by atoms with E-state index in [1.807, 2.05) is 46.0 Å². The molecule has 1 heterocycles. The maximum absolute atomic E-state index is 11.1.